The summed E-state index contributed by atoms with van der Waals surface area (Å²) < 4.78 is 2.07. The minimum absolute atomic E-state index is 0.0972. The van der Waals surface area contributed by atoms with Crippen molar-refractivity contribution in [1.82, 2.24) is 9.55 Å². The van der Waals surface area contributed by atoms with Crippen molar-refractivity contribution in [3.05, 3.63) is 28.3 Å². The van der Waals surface area contributed by atoms with Crippen LogP contribution in [-0.4, -0.2) is 20.2 Å². The quantitative estimate of drug-likeness (QED) is 0.562. The van der Waals surface area contributed by atoms with Crippen LogP contribution in [0.25, 0.3) is 11.0 Å². The first-order valence-electron chi connectivity index (χ1n) is 5.04. The second kappa shape index (κ2) is 3.48. The number of benzene rings is 1. The van der Waals surface area contributed by atoms with E-state index in [1.54, 1.807) is 17.8 Å². The molecule has 0 amide bonds. The molecule has 0 saturated carbocycles. The largest absolute Gasteiger partial charge is 0.319 e. The van der Waals surface area contributed by atoms with Crippen molar-refractivity contribution in [2.75, 3.05) is 5.75 Å². The van der Waals surface area contributed by atoms with Crippen LogP contribution in [0.2, 0.25) is 0 Å². The molecular formula is C10H9N3O2S. The standard InChI is InChI=1S/C10H9N3O2S/c14-13(15)8-4-1-3-7-9(8)11-10-12(7)5-2-6-16-10/h1,3-4H,2,5-6H2. The topological polar surface area (TPSA) is 61.0 Å². The highest BCUT2D eigenvalue weighted by Gasteiger charge is 2.21. The van der Waals surface area contributed by atoms with Gasteiger partial charge < -0.3 is 4.57 Å². The van der Waals surface area contributed by atoms with E-state index >= 15 is 0 Å². The van der Waals surface area contributed by atoms with Gasteiger partial charge in [-0.05, 0) is 12.5 Å². The van der Waals surface area contributed by atoms with E-state index < -0.39 is 0 Å². The Labute approximate surface area is 95.6 Å². The van der Waals surface area contributed by atoms with Gasteiger partial charge in [-0.25, -0.2) is 4.98 Å². The number of imidazole rings is 1. The highest BCUT2D eigenvalue weighted by Crippen LogP contribution is 2.32. The van der Waals surface area contributed by atoms with Crippen LogP contribution in [0.1, 0.15) is 6.42 Å². The average molecular weight is 235 g/mol. The number of aryl methyl sites for hydroxylation is 1. The van der Waals surface area contributed by atoms with Gasteiger partial charge in [0, 0.05) is 18.4 Å². The molecule has 0 bridgehead atoms. The molecule has 0 N–H and O–H groups in total. The first-order chi connectivity index (χ1) is 7.77. The highest BCUT2D eigenvalue weighted by atomic mass is 32.2. The Balaban J connectivity index is 2.33. The number of fused-ring (bicyclic) bond motifs is 3. The van der Waals surface area contributed by atoms with Crippen molar-refractivity contribution in [1.29, 1.82) is 0 Å². The number of non-ortho nitro benzene ring substituents is 1. The fraction of sp³-hybridized carbons (Fsp3) is 0.300. The van der Waals surface area contributed by atoms with E-state index in [0.29, 0.717) is 5.52 Å². The Morgan fingerprint density at radius 2 is 2.38 bits per heavy atom. The van der Waals surface area contributed by atoms with E-state index in [1.165, 1.54) is 6.07 Å². The van der Waals surface area contributed by atoms with Crippen LogP contribution in [0.15, 0.2) is 23.4 Å². The lowest BCUT2D eigenvalue weighted by Gasteiger charge is -2.12. The molecule has 0 saturated heterocycles. The predicted octanol–water partition coefficient (Wildman–Crippen LogP) is 2.44. The Morgan fingerprint density at radius 1 is 1.50 bits per heavy atom. The van der Waals surface area contributed by atoms with Gasteiger partial charge in [0.2, 0.25) is 0 Å². The molecule has 0 radical (unpaired) electrons. The number of nitro groups is 1. The van der Waals surface area contributed by atoms with E-state index in [9.17, 15) is 10.1 Å². The molecular weight excluding hydrogens is 226 g/mol. The summed E-state index contributed by atoms with van der Waals surface area (Å²) in [6, 6.07) is 5.12. The zero-order valence-electron chi connectivity index (χ0n) is 8.42. The van der Waals surface area contributed by atoms with Gasteiger partial charge in [-0.2, -0.15) is 0 Å². The summed E-state index contributed by atoms with van der Waals surface area (Å²) in [5.41, 5.74) is 1.48. The van der Waals surface area contributed by atoms with Crippen LogP contribution >= 0.6 is 11.8 Å². The smallest absolute Gasteiger partial charge is 0.297 e. The molecule has 2 aromatic rings. The molecule has 2 heterocycles. The molecule has 0 aliphatic carbocycles. The van der Waals surface area contributed by atoms with Gasteiger partial charge in [-0.3, -0.25) is 10.1 Å². The van der Waals surface area contributed by atoms with Crippen molar-refractivity contribution >= 4 is 28.5 Å². The van der Waals surface area contributed by atoms with Gasteiger partial charge in [-0.1, -0.05) is 17.8 Å². The number of thioether (sulfide) groups is 1. The molecule has 1 aromatic carbocycles. The number of hydrogen-bond acceptors (Lipinski definition) is 4. The van der Waals surface area contributed by atoms with Crippen LogP contribution in [0.4, 0.5) is 5.69 Å². The van der Waals surface area contributed by atoms with E-state index in [-0.39, 0.29) is 10.6 Å². The fourth-order valence-electron chi connectivity index (χ4n) is 1.97. The Bertz CT molecular complexity index is 579. The summed E-state index contributed by atoms with van der Waals surface area (Å²) in [7, 11) is 0. The minimum Gasteiger partial charge on any atom is -0.319 e. The lowest BCUT2D eigenvalue weighted by molar-refractivity contribution is -0.383. The van der Waals surface area contributed by atoms with Crippen LogP contribution in [0.5, 0.6) is 0 Å². The van der Waals surface area contributed by atoms with Crippen LogP contribution in [-0.2, 0) is 6.54 Å². The molecule has 0 atom stereocenters. The second-order valence-electron chi connectivity index (χ2n) is 3.65. The first-order valence-corrected chi connectivity index (χ1v) is 6.02. The maximum absolute atomic E-state index is 10.9. The highest BCUT2D eigenvalue weighted by molar-refractivity contribution is 7.99. The third-order valence-corrected chi connectivity index (χ3v) is 3.74. The number of nitrogens with zero attached hydrogens (tertiary/aromatic N) is 3. The van der Waals surface area contributed by atoms with Gasteiger partial charge in [0.1, 0.15) is 0 Å². The molecule has 82 valence electrons. The van der Waals surface area contributed by atoms with Crippen LogP contribution in [0.3, 0.4) is 0 Å². The molecule has 1 aromatic heterocycles. The Hall–Kier alpha value is -1.56. The SMILES string of the molecule is O=[N+]([O-])c1cccc2c1nc1n2CCCS1. The molecule has 0 unspecified atom stereocenters. The van der Waals surface area contributed by atoms with E-state index in [1.807, 2.05) is 6.07 Å². The first kappa shape index (κ1) is 9.65. The molecule has 0 spiro atoms. The predicted molar refractivity (Wildman–Crippen MR) is 61.7 cm³/mol. The number of nitro benzene ring substituents is 1. The molecule has 3 rings (SSSR count). The Morgan fingerprint density at radius 3 is 3.19 bits per heavy atom. The van der Waals surface area contributed by atoms with Crippen molar-refractivity contribution in [2.45, 2.75) is 18.1 Å². The van der Waals surface area contributed by atoms with Gasteiger partial charge in [0.05, 0.1) is 10.4 Å². The molecule has 5 nitrogen and oxygen atoms in total. The van der Waals surface area contributed by atoms with Crippen molar-refractivity contribution < 1.29 is 4.92 Å². The summed E-state index contributed by atoms with van der Waals surface area (Å²) >= 11 is 1.66. The lowest BCUT2D eigenvalue weighted by atomic mass is 10.2. The minimum atomic E-state index is -0.369. The fourth-order valence-corrected chi connectivity index (χ4v) is 2.93. The third kappa shape index (κ3) is 1.30. The average Bonchev–Trinajstić information content (AvgIpc) is 2.67. The molecule has 1 aliphatic rings. The number of aromatic nitrogens is 2. The number of rotatable bonds is 1. The van der Waals surface area contributed by atoms with E-state index in [4.69, 9.17) is 0 Å². The monoisotopic (exact) mass is 235 g/mol. The summed E-state index contributed by atoms with van der Waals surface area (Å²) in [5, 5.41) is 11.8. The van der Waals surface area contributed by atoms with Gasteiger partial charge in [0.25, 0.3) is 5.69 Å². The zero-order valence-corrected chi connectivity index (χ0v) is 9.24. The summed E-state index contributed by atoms with van der Waals surface area (Å²) in [6.07, 6.45) is 1.09. The normalized spacial score (nSPS) is 15.0. The van der Waals surface area contributed by atoms with Crippen LogP contribution < -0.4 is 0 Å². The molecule has 16 heavy (non-hydrogen) atoms. The molecule has 1 aliphatic heterocycles. The summed E-state index contributed by atoms with van der Waals surface area (Å²) in [5.74, 6) is 1.04. The lowest BCUT2D eigenvalue weighted by Crippen LogP contribution is -2.06. The molecule has 6 heteroatoms. The zero-order chi connectivity index (χ0) is 11.1. The summed E-state index contributed by atoms with van der Waals surface area (Å²) in [4.78, 5) is 14.9. The summed E-state index contributed by atoms with van der Waals surface area (Å²) in [6.45, 7) is 0.903. The maximum atomic E-state index is 10.9. The van der Waals surface area contributed by atoms with E-state index in [2.05, 4.69) is 9.55 Å². The van der Waals surface area contributed by atoms with Gasteiger partial charge in [-0.15, -0.1) is 0 Å². The maximum Gasteiger partial charge on any atom is 0.297 e. The van der Waals surface area contributed by atoms with Gasteiger partial charge in [0.15, 0.2) is 10.7 Å². The number of hydrogen-bond donors (Lipinski definition) is 0. The number of para-hydroxylation sites is 1. The second-order valence-corrected chi connectivity index (χ2v) is 4.71. The third-order valence-electron chi connectivity index (χ3n) is 2.68. The van der Waals surface area contributed by atoms with Crippen molar-refractivity contribution in [3.8, 4) is 0 Å². The van der Waals surface area contributed by atoms with E-state index in [0.717, 1.165) is 29.4 Å². The van der Waals surface area contributed by atoms with Gasteiger partial charge >= 0.3 is 0 Å². The molecule has 0 fully saturated rings. The van der Waals surface area contributed by atoms with Crippen molar-refractivity contribution in [2.24, 2.45) is 0 Å². The Kier molecular flexibility index (Phi) is 2.10. The van der Waals surface area contributed by atoms with Crippen LogP contribution in [0, 0.1) is 10.1 Å². The van der Waals surface area contributed by atoms with Crippen molar-refractivity contribution in [3.63, 3.8) is 0 Å².